The minimum absolute atomic E-state index is 0.119. The number of nitrogens with one attached hydrogen (secondary N) is 3. The highest BCUT2D eigenvalue weighted by Crippen LogP contribution is 2.25. The van der Waals surface area contributed by atoms with E-state index in [1.807, 2.05) is 67.6 Å². The maximum atomic E-state index is 13.3. The van der Waals surface area contributed by atoms with Gasteiger partial charge in [-0.2, -0.15) is 0 Å². The summed E-state index contributed by atoms with van der Waals surface area (Å²) < 4.78 is 5.57. The fraction of sp³-hybridized carbons (Fsp3) is 0.171. The summed E-state index contributed by atoms with van der Waals surface area (Å²) in [5.74, 6) is 0.232. The van der Waals surface area contributed by atoms with Crippen LogP contribution in [0.4, 0.5) is 11.4 Å². The molecule has 0 aliphatic carbocycles. The first-order valence-corrected chi connectivity index (χ1v) is 15.0. The molecule has 0 bridgehead atoms. The van der Waals surface area contributed by atoms with Crippen molar-refractivity contribution in [2.24, 2.45) is 0 Å². The topological polar surface area (TPSA) is 96.5 Å². The number of amides is 3. The van der Waals surface area contributed by atoms with Crippen molar-refractivity contribution in [2.45, 2.75) is 31.6 Å². The SMILES string of the molecule is CCOc1ccccc1NC(=O)CSc1ccc(NC(=O)/C(=C/c2ccc(C(C)C)cc2)NC(=O)c2ccccc2)cc1. The van der Waals surface area contributed by atoms with Crippen molar-refractivity contribution < 1.29 is 19.1 Å². The summed E-state index contributed by atoms with van der Waals surface area (Å²) in [5.41, 5.74) is 3.72. The van der Waals surface area contributed by atoms with Gasteiger partial charge in [0.05, 0.1) is 18.0 Å². The Morgan fingerprint density at radius 3 is 2.16 bits per heavy atom. The van der Waals surface area contributed by atoms with Crippen LogP contribution in [0.5, 0.6) is 5.75 Å². The summed E-state index contributed by atoms with van der Waals surface area (Å²) in [5, 5.41) is 8.52. The molecule has 0 saturated carbocycles. The second kappa shape index (κ2) is 15.4. The van der Waals surface area contributed by atoms with E-state index in [0.29, 0.717) is 35.2 Å². The Labute approximate surface area is 256 Å². The Morgan fingerprint density at radius 2 is 1.49 bits per heavy atom. The lowest BCUT2D eigenvalue weighted by Gasteiger charge is -2.12. The van der Waals surface area contributed by atoms with Crippen LogP contribution in [0.15, 0.2) is 114 Å². The highest BCUT2D eigenvalue weighted by molar-refractivity contribution is 8.00. The third-order valence-electron chi connectivity index (χ3n) is 6.39. The smallest absolute Gasteiger partial charge is 0.272 e. The van der Waals surface area contributed by atoms with Gasteiger partial charge in [-0.1, -0.05) is 68.4 Å². The molecule has 220 valence electrons. The van der Waals surface area contributed by atoms with Gasteiger partial charge in [-0.3, -0.25) is 14.4 Å². The number of hydrogen-bond acceptors (Lipinski definition) is 5. The molecule has 0 heterocycles. The largest absolute Gasteiger partial charge is 0.492 e. The second-order valence-electron chi connectivity index (χ2n) is 9.94. The Bertz CT molecular complexity index is 1570. The molecule has 0 atom stereocenters. The molecule has 4 rings (SSSR count). The van der Waals surface area contributed by atoms with Crippen LogP contribution < -0.4 is 20.7 Å². The number of para-hydroxylation sites is 2. The Balaban J connectivity index is 1.41. The van der Waals surface area contributed by atoms with E-state index >= 15 is 0 Å². The molecule has 0 aromatic heterocycles. The van der Waals surface area contributed by atoms with Gasteiger partial charge in [0.2, 0.25) is 5.91 Å². The Morgan fingerprint density at radius 1 is 0.814 bits per heavy atom. The molecule has 43 heavy (non-hydrogen) atoms. The van der Waals surface area contributed by atoms with Crippen LogP contribution in [0, 0.1) is 0 Å². The molecular weight excluding hydrogens is 558 g/mol. The number of carbonyl (C=O) groups excluding carboxylic acids is 3. The zero-order chi connectivity index (χ0) is 30.6. The summed E-state index contributed by atoms with van der Waals surface area (Å²) in [4.78, 5) is 39.7. The molecule has 0 saturated heterocycles. The van der Waals surface area contributed by atoms with Crippen LogP contribution in [-0.4, -0.2) is 30.1 Å². The zero-order valence-electron chi connectivity index (χ0n) is 24.4. The van der Waals surface area contributed by atoms with Crippen molar-refractivity contribution in [2.75, 3.05) is 23.0 Å². The van der Waals surface area contributed by atoms with Crippen LogP contribution in [0.3, 0.4) is 0 Å². The van der Waals surface area contributed by atoms with E-state index in [1.165, 1.54) is 17.3 Å². The third-order valence-corrected chi connectivity index (χ3v) is 7.40. The molecule has 0 radical (unpaired) electrons. The zero-order valence-corrected chi connectivity index (χ0v) is 25.2. The Kier molecular flexibility index (Phi) is 11.2. The first kappa shape index (κ1) is 31.1. The van der Waals surface area contributed by atoms with Gasteiger partial charge in [0.1, 0.15) is 11.4 Å². The molecular formula is C35H35N3O4S. The van der Waals surface area contributed by atoms with Crippen molar-refractivity contribution in [3.05, 3.63) is 126 Å². The van der Waals surface area contributed by atoms with Crippen LogP contribution in [-0.2, 0) is 9.59 Å². The number of thioether (sulfide) groups is 1. The molecule has 7 nitrogen and oxygen atoms in total. The van der Waals surface area contributed by atoms with Gasteiger partial charge < -0.3 is 20.7 Å². The van der Waals surface area contributed by atoms with E-state index in [9.17, 15) is 14.4 Å². The predicted octanol–water partition coefficient (Wildman–Crippen LogP) is 7.35. The lowest BCUT2D eigenvalue weighted by molar-refractivity contribution is -0.114. The first-order valence-electron chi connectivity index (χ1n) is 14.1. The van der Waals surface area contributed by atoms with Gasteiger partial charge >= 0.3 is 0 Å². The van der Waals surface area contributed by atoms with Gasteiger partial charge in [-0.25, -0.2) is 0 Å². The normalized spacial score (nSPS) is 11.1. The minimum atomic E-state index is -0.454. The molecule has 0 unspecified atom stereocenters. The number of carbonyl (C=O) groups is 3. The molecule has 8 heteroatoms. The van der Waals surface area contributed by atoms with Crippen molar-refractivity contribution >= 4 is 46.9 Å². The van der Waals surface area contributed by atoms with Crippen LogP contribution in [0.25, 0.3) is 6.08 Å². The molecule has 4 aromatic carbocycles. The number of anilines is 2. The standard InChI is InChI=1S/C35H35N3O4S/c1-4-42-32-13-9-8-12-30(32)37-33(39)23-43-29-20-18-28(19-21-29)36-35(41)31(38-34(40)27-10-6-5-7-11-27)22-25-14-16-26(17-15-25)24(2)3/h5-22,24H,4,23H2,1-3H3,(H,36,41)(H,37,39)(H,38,40)/b31-22-. The van der Waals surface area contributed by atoms with Crippen LogP contribution >= 0.6 is 11.8 Å². The number of hydrogen-bond donors (Lipinski definition) is 3. The molecule has 0 fully saturated rings. The first-order chi connectivity index (χ1) is 20.8. The minimum Gasteiger partial charge on any atom is -0.492 e. The lowest BCUT2D eigenvalue weighted by Crippen LogP contribution is -2.30. The summed E-state index contributed by atoms with van der Waals surface area (Å²) in [7, 11) is 0. The highest BCUT2D eigenvalue weighted by Gasteiger charge is 2.16. The van der Waals surface area contributed by atoms with Crippen molar-refractivity contribution in [3.63, 3.8) is 0 Å². The predicted molar refractivity (Wildman–Crippen MR) is 174 cm³/mol. The van der Waals surface area contributed by atoms with Crippen molar-refractivity contribution in [1.82, 2.24) is 5.32 Å². The Hall–Kier alpha value is -4.82. The van der Waals surface area contributed by atoms with Crippen molar-refractivity contribution in [1.29, 1.82) is 0 Å². The molecule has 0 aliphatic rings. The highest BCUT2D eigenvalue weighted by atomic mass is 32.2. The van der Waals surface area contributed by atoms with E-state index in [2.05, 4.69) is 29.8 Å². The lowest BCUT2D eigenvalue weighted by atomic mass is 10.0. The number of rotatable bonds is 12. The average molecular weight is 594 g/mol. The maximum absolute atomic E-state index is 13.3. The van der Waals surface area contributed by atoms with Gasteiger partial charge in [-0.05, 0) is 78.6 Å². The summed E-state index contributed by atoms with van der Waals surface area (Å²) >= 11 is 1.38. The quantitative estimate of drug-likeness (QED) is 0.118. The molecule has 0 spiro atoms. The third kappa shape index (κ3) is 9.34. The van der Waals surface area contributed by atoms with Crippen molar-refractivity contribution in [3.8, 4) is 5.75 Å². The van der Waals surface area contributed by atoms with Gasteiger partial charge in [0.15, 0.2) is 0 Å². The van der Waals surface area contributed by atoms with E-state index in [1.54, 1.807) is 48.5 Å². The summed E-state index contributed by atoms with van der Waals surface area (Å²) in [6, 6.07) is 31.1. The molecule has 3 amide bonds. The van der Waals surface area contributed by atoms with E-state index in [0.717, 1.165) is 10.5 Å². The van der Waals surface area contributed by atoms with Crippen LogP contribution in [0.1, 0.15) is 48.2 Å². The van der Waals surface area contributed by atoms with Crippen LogP contribution in [0.2, 0.25) is 0 Å². The number of ether oxygens (including phenoxy) is 1. The fourth-order valence-corrected chi connectivity index (χ4v) is 4.80. The van der Waals surface area contributed by atoms with E-state index in [-0.39, 0.29) is 23.3 Å². The molecule has 4 aromatic rings. The molecule has 3 N–H and O–H groups in total. The van der Waals surface area contributed by atoms with Gasteiger partial charge in [0, 0.05) is 16.1 Å². The van der Waals surface area contributed by atoms with Gasteiger partial charge in [-0.15, -0.1) is 11.8 Å². The fourth-order valence-electron chi connectivity index (χ4n) is 4.11. The van der Waals surface area contributed by atoms with Gasteiger partial charge in [0.25, 0.3) is 11.8 Å². The monoisotopic (exact) mass is 593 g/mol. The molecule has 0 aliphatic heterocycles. The second-order valence-corrected chi connectivity index (χ2v) is 11.0. The van der Waals surface area contributed by atoms with E-state index < -0.39 is 5.91 Å². The average Bonchev–Trinajstić information content (AvgIpc) is 3.02. The maximum Gasteiger partial charge on any atom is 0.272 e. The van der Waals surface area contributed by atoms with E-state index in [4.69, 9.17) is 4.74 Å². The summed E-state index contributed by atoms with van der Waals surface area (Å²) in [6.45, 7) is 6.63. The summed E-state index contributed by atoms with van der Waals surface area (Å²) in [6.07, 6.45) is 1.66. The number of benzene rings is 4.